The molecule has 0 aliphatic carbocycles. The van der Waals surface area contributed by atoms with Crippen molar-refractivity contribution in [3.8, 4) is 5.75 Å². The van der Waals surface area contributed by atoms with E-state index in [0.717, 1.165) is 74.8 Å². The fourth-order valence-electron chi connectivity index (χ4n) is 5.11. The molecule has 2 aliphatic heterocycles. The number of hydrogen-bond donors (Lipinski definition) is 7. The molecule has 2 saturated heterocycles. The second-order valence-corrected chi connectivity index (χ2v) is 9.84. The van der Waals surface area contributed by atoms with Crippen molar-refractivity contribution in [2.45, 2.75) is 32.1 Å². The maximum atomic E-state index is 12.9. The molecule has 3 aromatic carbocycles. The number of carbonyl (C=O) groups is 1. The number of fused-ring (bicyclic) bond motifs is 1. The van der Waals surface area contributed by atoms with Gasteiger partial charge in [0.15, 0.2) is 0 Å². The van der Waals surface area contributed by atoms with Gasteiger partial charge in [0.05, 0.1) is 5.56 Å². The SMILES string of the molecule is CN.Cl.N.N.N.O=C(Nc1ccc(Nc2nc(N3CCCCC3)nc(N3CCCC3)n2)cc1)c1ccc2ccccc2c1O.[HH].[HH].[HH].[HH]. The smallest absolute Gasteiger partial charge is 0.259 e. The molecule has 44 heavy (non-hydrogen) atoms. The van der Waals surface area contributed by atoms with E-state index in [1.165, 1.54) is 13.5 Å². The number of carbonyl (C=O) groups excluding carboxylic acids is 1. The second kappa shape index (κ2) is 17.8. The van der Waals surface area contributed by atoms with Crippen LogP contribution in [0.15, 0.2) is 60.7 Å². The number of halogens is 1. The van der Waals surface area contributed by atoms with E-state index in [4.69, 9.17) is 15.0 Å². The van der Waals surface area contributed by atoms with Gasteiger partial charge in [-0.2, -0.15) is 15.0 Å². The molecule has 0 unspecified atom stereocenters. The van der Waals surface area contributed by atoms with Crippen molar-refractivity contribution in [1.29, 1.82) is 0 Å². The summed E-state index contributed by atoms with van der Waals surface area (Å²) in [6, 6.07) is 18.3. The largest absolute Gasteiger partial charge is 0.506 e. The fraction of sp³-hybridized carbons (Fsp3) is 0.333. The van der Waals surface area contributed by atoms with Crippen LogP contribution in [0.5, 0.6) is 5.75 Å². The topological polar surface area (TPSA) is 238 Å². The quantitative estimate of drug-likeness (QED) is 0.116. The van der Waals surface area contributed by atoms with E-state index in [1.807, 2.05) is 48.5 Å². The van der Waals surface area contributed by atoms with Crippen LogP contribution in [0, 0.1) is 0 Å². The van der Waals surface area contributed by atoms with E-state index >= 15 is 0 Å². The number of hydrogen-bond acceptors (Lipinski definition) is 12. The molecule has 0 radical (unpaired) electrons. The third-order valence-electron chi connectivity index (χ3n) is 7.18. The number of phenolic OH excluding ortho intramolecular Hbond substituents is 1. The van der Waals surface area contributed by atoms with Crippen LogP contribution in [-0.2, 0) is 0 Å². The molecule has 13 nitrogen and oxygen atoms in total. The van der Waals surface area contributed by atoms with Gasteiger partial charge in [0.25, 0.3) is 5.91 Å². The van der Waals surface area contributed by atoms with E-state index < -0.39 is 0 Å². The van der Waals surface area contributed by atoms with E-state index in [9.17, 15) is 9.90 Å². The lowest BCUT2D eigenvalue weighted by atomic mass is 10.0. The lowest BCUT2D eigenvalue weighted by molar-refractivity contribution is 0.102. The third-order valence-corrected chi connectivity index (χ3v) is 7.18. The van der Waals surface area contributed by atoms with Crippen molar-refractivity contribution in [1.82, 2.24) is 33.4 Å². The van der Waals surface area contributed by atoms with Crippen molar-refractivity contribution in [2.75, 3.05) is 53.7 Å². The van der Waals surface area contributed by atoms with Crippen LogP contribution in [0.2, 0.25) is 0 Å². The molecule has 6 rings (SSSR count). The Bertz CT molecular complexity index is 1480. The zero-order chi connectivity index (χ0) is 27.9. The zero-order valence-corrected chi connectivity index (χ0v) is 26.2. The van der Waals surface area contributed by atoms with Crippen LogP contribution in [0.25, 0.3) is 10.8 Å². The third kappa shape index (κ3) is 8.65. The Labute approximate surface area is 270 Å². The number of rotatable bonds is 6. The van der Waals surface area contributed by atoms with Crippen LogP contribution in [-0.4, -0.2) is 59.2 Å². The Balaban J connectivity index is -0.000000951. The number of anilines is 5. The van der Waals surface area contributed by atoms with Crippen molar-refractivity contribution < 1.29 is 15.6 Å². The molecule has 4 aromatic rings. The fourth-order valence-corrected chi connectivity index (χ4v) is 5.11. The predicted molar refractivity (Wildman–Crippen MR) is 192 cm³/mol. The van der Waals surface area contributed by atoms with Crippen LogP contribution >= 0.6 is 12.4 Å². The first kappa shape index (κ1) is 37.8. The van der Waals surface area contributed by atoms with Crippen molar-refractivity contribution in [2.24, 2.45) is 5.73 Å². The first-order valence-corrected chi connectivity index (χ1v) is 13.9. The standard InChI is InChI=1S/C29H31N7O2.CH5N.ClH.3H3N.4H2/c37-25-23-9-3-2-8-20(23)10-15-24(25)26(38)30-21-11-13-22(14-12-21)31-27-32-28(35-16-4-1-5-17-35)34-29(33-27)36-18-6-7-19-36;1-2;;;;;;;;/h2-3,8-15,37H,1,4-7,16-19H2,(H,30,38)(H,31,32,33,34);2H2,1H3;1H;3*1H3;4*1H. The molecule has 1 aromatic heterocycles. The Hall–Kier alpha value is -4.27. The minimum absolute atomic E-state index is 0. The van der Waals surface area contributed by atoms with Gasteiger partial charge >= 0.3 is 0 Å². The molecule has 2 fully saturated rings. The summed E-state index contributed by atoms with van der Waals surface area (Å²) in [6.07, 6.45) is 5.85. The lowest BCUT2D eigenvalue weighted by Crippen LogP contribution is -2.32. The maximum Gasteiger partial charge on any atom is 0.259 e. The Morgan fingerprint density at radius 3 is 1.86 bits per heavy atom. The summed E-state index contributed by atoms with van der Waals surface area (Å²) in [5, 5.41) is 18.3. The van der Waals surface area contributed by atoms with Crippen molar-refractivity contribution in [3.63, 3.8) is 0 Å². The molecular weight excluding hydrogens is 582 g/mol. The van der Waals surface area contributed by atoms with Crippen molar-refractivity contribution >= 4 is 58.3 Å². The summed E-state index contributed by atoms with van der Waals surface area (Å²) in [7, 11) is 1.50. The summed E-state index contributed by atoms with van der Waals surface area (Å²) in [6.45, 7) is 3.85. The van der Waals surface area contributed by atoms with Gasteiger partial charge in [-0.25, -0.2) is 0 Å². The van der Waals surface area contributed by atoms with Gasteiger partial charge in [0, 0.05) is 48.6 Å². The summed E-state index contributed by atoms with van der Waals surface area (Å²) < 4.78 is 0. The number of aromatic nitrogens is 3. The summed E-state index contributed by atoms with van der Waals surface area (Å²) >= 11 is 0. The summed E-state index contributed by atoms with van der Waals surface area (Å²) in [5.41, 5.74) is 6.16. The number of aromatic hydroxyl groups is 1. The number of benzene rings is 3. The van der Waals surface area contributed by atoms with Gasteiger partial charge in [0.2, 0.25) is 17.8 Å². The highest BCUT2D eigenvalue weighted by atomic mass is 35.5. The minimum Gasteiger partial charge on any atom is -0.506 e. The number of amides is 1. The Kier molecular flexibility index (Phi) is 15.2. The van der Waals surface area contributed by atoms with Crippen LogP contribution < -0.4 is 44.6 Å². The number of nitrogens with two attached hydrogens (primary N) is 1. The lowest BCUT2D eigenvalue weighted by Gasteiger charge is -2.27. The van der Waals surface area contributed by atoms with Crippen LogP contribution in [0.4, 0.5) is 29.2 Å². The minimum atomic E-state index is -0.368. The van der Waals surface area contributed by atoms with Gasteiger partial charge < -0.3 is 49.7 Å². The number of nitrogens with zero attached hydrogens (tertiary/aromatic N) is 5. The van der Waals surface area contributed by atoms with Crippen LogP contribution in [0.1, 0.15) is 48.2 Å². The number of phenols is 1. The first-order chi connectivity index (χ1) is 19.6. The molecule has 0 spiro atoms. The van der Waals surface area contributed by atoms with Crippen molar-refractivity contribution in [3.05, 3.63) is 66.2 Å². The van der Waals surface area contributed by atoms with Crippen LogP contribution in [0.3, 0.4) is 0 Å². The summed E-state index contributed by atoms with van der Waals surface area (Å²) in [5.74, 6) is 1.57. The highest BCUT2D eigenvalue weighted by molar-refractivity contribution is 6.09. The molecule has 14 heteroatoms. The molecule has 14 N–H and O–H groups in total. The number of nitrogens with one attached hydrogen (secondary N) is 2. The maximum absolute atomic E-state index is 12.9. The zero-order valence-electron chi connectivity index (χ0n) is 25.3. The predicted octanol–water partition coefficient (Wildman–Crippen LogP) is 6.78. The average Bonchev–Trinajstić information content (AvgIpc) is 3.55. The molecule has 3 heterocycles. The normalized spacial score (nSPS) is 13.6. The summed E-state index contributed by atoms with van der Waals surface area (Å²) in [4.78, 5) is 31.6. The van der Waals surface area contributed by atoms with Gasteiger partial charge in [-0.15, -0.1) is 12.4 Å². The second-order valence-electron chi connectivity index (χ2n) is 9.84. The Morgan fingerprint density at radius 2 is 1.27 bits per heavy atom. The first-order valence-electron chi connectivity index (χ1n) is 13.9. The van der Waals surface area contributed by atoms with E-state index in [-0.39, 0.29) is 53.8 Å². The van der Waals surface area contributed by atoms with Gasteiger partial charge in [-0.1, -0.05) is 30.3 Å². The molecule has 2 aliphatic rings. The Morgan fingerprint density at radius 1 is 0.750 bits per heavy atom. The number of piperidine rings is 1. The molecule has 248 valence electrons. The average molecular weight is 636 g/mol. The molecule has 1 amide bonds. The highest BCUT2D eigenvalue weighted by Gasteiger charge is 2.21. The van der Waals surface area contributed by atoms with E-state index in [0.29, 0.717) is 17.0 Å². The van der Waals surface area contributed by atoms with Gasteiger partial charge in [-0.3, -0.25) is 4.79 Å². The monoisotopic (exact) mass is 635 g/mol. The highest BCUT2D eigenvalue weighted by Crippen LogP contribution is 2.30. The van der Waals surface area contributed by atoms with E-state index in [2.05, 4.69) is 26.2 Å². The van der Waals surface area contributed by atoms with Gasteiger partial charge in [0.1, 0.15) is 5.75 Å². The molecule has 0 atom stereocenters. The molecular formula is C30H54ClN11O2. The van der Waals surface area contributed by atoms with E-state index in [1.54, 1.807) is 12.1 Å². The molecule has 0 saturated carbocycles. The molecule has 0 bridgehead atoms. The van der Waals surface area contributed by atoms with Gasteiger partial charge in [-0.05, 0) is 74.9 Å².